The van der Waals surface area contributed by atoms with Crippen LogP contribution in [0.1, 0.15) is 6.92 Å². The van der Waals surface area contributed by atoms with Gasteiger partial charge in [0, 0.05) is 12.6 Å². The zero-order chi connectivity index (χ0) is 14.7. The topological polar surface area (TPSA) is 73.1 Å². The van der Waals surface area contributed by atoms with E-state index in [0.717, 1.165) is 6.07 Å². The molecule has 0 fully saturated rings. The van der Waals surface area contributed by atoms with Gasteiger partial charge in [0.25, 0.3) is 0 Å². The second-order valence-electron chi connectivity index (χ2n) is 3.47. The molecule has 0 spiro atoms. The Balaban J connectivity index is 2.78. The number of alkyl halides is 5. The molecule has 0 saturated heterocycles. The van der Waals surface area contributed by atoms with Crippen molar-refractivity contribution >= 4 is 11.8 Å². The van der Waals surface area contributed by atoms with E-state index in [2.05, 4.69) is 20.0 Å². The molecule has 1 aromatic heterocycles. The van der Waals surface area contributed by atoms with E-state index in [4.69, 9.17) is 5.73 Å². The molecule has 0 amide bonds. The molecule has 1 aromatic rings. The lowest BCUT2D eigenvalue weighted by atomic mass is 10.3. The fourth-order valence-electron chi connectivity index (χ4n) is 1.03. The van der Waals surface area contributed by atoms with Crippen LogP contribution in [0.25, 0.3) is 0 Å². The average molecular weight is 286 g/mol. The summed E-state index contributed by atoms with van der Waals surface area (Å²) in [4.78, 5) is 7.09. The number of hydrogen-bond donors (Lipinski definition) is 2. The minimum Gasteiger partial charge on any atom is -0.471 e. The normalized spacial score (nSPS) is 12.3. The van der Waals surface area contributed by atoms with Crippen LogP contribution in [0.4, 0.5) is 33.7 Å². The average Bonchev–Trinajstić information content (AvgIpc) is 2.25. The zero-order valence-electron chi connectivity index (χ0n) is 9.76. The Bertz CT molecular complexity index is 437. The molecule has 1 heterocycles. The first-order valence-corrected chi connectivity index (χ1v) is 5.11. The lowest BCUT2D eigenvalue weighted by molar-refractivity contribution is -0.290. The van der Waals surface area contributed by atoms with Crippen LogP contribution in [-0.4, -0.2) is 35.2 Å². The molecular weight excluding hydrogens is 275 g/mol. The van der Waals surface area contributed by atoms with Crippen molar-refractivity contribution in [2.24, 2.45) is 0 Å². The predicted molar refractivity (Wildman–Crippen MR) is 57.1 cm³/mol. The molecule has 0 atom stereocenters. The molecule has 108 valence electrons. The largest absolute Gasteiger partial charge is 0.471 e. The standard InChI is InChI=1S/C9H11F5N4O/c1-2-16-5-3-6(18-7(15)17-5)19-4-8(10,11)9(12,13)14/h3H,2,4H2,1H3,(H3,15,16,17,18). The van der Waals surface area contributed by atoms with Gasteiger partial charge in [0.05, 0.1) is 0 Å². The van der Waals surface area contributed by atoms with Crippen LogP contribution in [0.5, 0.6) is 5.88 Å². The minimum absolute atomic E-state index is 0.167. The van der Waals surface area contributed by atoms with Crippen molar-refractivity contribution in [3.63, 3.8) is 0 Å². The van der Waals surface area contributed by atoms with E-state index in [1.807, 2.05) is 0 Å². The van der Waals surface area contributed by atoms with Crippen LogP contribution >= 0.6 is 0 Å². The number of nitrogens with zero attached hydrogens (tertiary/aromatic N) is 2. The van der Waals surface area contributed by atoms with Crippen LogP contribution < -0.4 is 15.8 Å². The van der Waals surface area contributed by atoms with Crippen molar-refractivity contribution in [1.29, 1.82) is 0 Å². The number of halogens is 5. The van der Waals surface area contributed by atoms with Gasteiger partial charge in [-0.3, -0.25) is 0 Å². The van der Waals surface area contributed by atoms with Crippen molar-refractivity contribution in [2.75, 3.05) is 24.2 Å². The van der Waals surface area contributed by atoms with Crippen molar-refractivity contribution in [1.82, 2.24) is 9.97 Å². The summed E-state index contributed by atoms with van der Waals surface area (Å²) in [5.74, 6) is -5.57. The first-order chi connectivity index (χ1) is 8.65. The monoisotopic (exact) mass is 286 g/mol. The third-order valence-corrected chi connectivity index (χ3v) is 1.89. The SMILES string of the molecule is CCNc1cc(OCC(F)(F)C(F)(F)F)nc(N)n1. The van der Waals surface area contributed by atoms with Crippen LogP contribution in [0.15, 0.2) is 6.07 Å². The van der Waals surface area contributed by atoms with Gasteiger partial charge in [0.2, 0.25) is 11.8 Å². The fraction of sp³-hybridized carbons (Fsp3) is 0.556. The van der Waals surface area contributed by atoms with E-state index in [9.17, 15) is 22.0 Å². The minimum atomic E-state index is -5.68. The van der Waals surface area contributed by atoms with Crippen LogP contribution in [0, 0.1) is 0 Å². The third kappa shape index (κ3) is 4.07. The van der Waals surface area contributed by atoms with Gasteiger partial charge >= 0.3 is 12.1 Å². The zero-order valence-corrected chi connectivity index (χ0v) is 9.76. The molecule has 0 unspecified atom stereocenters. The maximum atomic E-state index is 12.6. The second-order valence-corrected chi connectivity index (χ2v) is 3.47. The molecule has 10 heteroatoms. The van der Waals surface area contributed by atoms with Gasteiger partial charge in [-0.15, -0.1) is 0 Å². The summed E-state index contributed by atoms with van der Waals surface area (Å²) >= 11 is 0. The number of ether oxygens (including phenoxy) is 1. The van der Waals surface area contributed by atoms with Crippen LogP contribution in [0.2, 0.25) is 0 Å². The summed E-state index contributed by atoms with van der Waals surface area (Å²) in [6, 6.07) is 1.08. The van der Waals surface area contributed by atoms with Gasteiger partial charge in [-0.25, -0.2) is 0 Å². The van der Waals surface area contributed by atoms with Gasteiger partial charge in [-0.05, 0) is 6.92 Å². The Hall–Kier alpha value is -1.87. The summed E-state index contributed by atoms with van der Waals surface area (Å²) < 4.78 is 65.3. The first-order valence-electron chi connectivity index (χ1n) is 5.11. The number of rotatable bonds is 5. The molecule has 5 nitrogen and oxygen atoms in total. The number of nitrogen functional groups attached to an aromatic ring is 1. The molecule has 0 saturated carbocycles. The van der Waals surface area contributed by atoms with Gasteiger partial charge < -0.3 is 15.8 Å². The van der Waals surface area contributed by atoms with E-state index in [1.54, 1.807) is 6.92 Å². The quantitative estimate of drug-likeness (QED) is 0.811. The molecule has 0 radical (unpaired) electrons. The predicted octanol–water partition coefficient (Wildman–Crippen LogP) is 2.07. The smallest absolute Gasteiger partial charge is 0.456 e. The van der Waals surface area contributed by atoms with Crippen molar-refractivity contribution in [2.45, 2.75) is 19.0 Å². The Morgan fingerprint density at radius 3 is 2.42 bits per heavy atom. The summed E-state index contributed by atoms with van der Waals surface area (Å²) in [7, 11) is 0. The van der Waals surface area contributed by atoms with E-state index >= 15 is 0 Å². The van der Waals surface area contributed by atoms with Gasteiger partial charge in [-0.1, -0.05) is 0 Å². The lowest BCUT2D eigenvalue weighted by Crippen LogP contribution is -2.41. The molecule has 3 N–H and O–H groups in total. The summed E-state index contributed by atoms with van der Waals surface area (Å²) in [6.07, 6.45) is -5.68. The number of nitrogens with two attached hydrogens (primary N) is 1. The van der Waals surface area contributed by atoms with Crippen LogP contribution in [0.3, 0.4) is 0 Å². The van der Waals surface area contributed by atoms with Crippen molar-refractivity contribution in [3.8, 4) is 5.88 Å². The third-order valence-electron chi connectivity index (χ3n) is 1.89. The molecule has 0 aromatic carbocycles. The maximum absolute atomic E-state index is 12.6. The maximum Gasteiger partial charge on any atom is 0.456 e. The van der Waals surface area contributed by atoms with Crippen LogP contribution in [-0.2, 0) is 0 Å². The van der Waals surface area contributed by atoms with Crippen molar-refractivity contribution in [3.05, 3.63) is 6.07 Å². The lowest BCUT2D eigenvalue weighted by Gasteiger charge is -2.19. The van der Waals surface area contributed by atoms with Gasteiger partial charge in [0.1, 0.15) is 5.82 Å². The molecule has 1 rings (SSSR count). The summed E-state index contributed by atoms with van der Waals surface area (Å²) in [6.45, 7) is 0.309. The first kappa shape index (κ1) is 15.2. The highest BCUT2D eigenvalue weighted by molar-refractivity contribution is 5.42. The number of anilines is 2. The van der Waals surface area contributed by atoms with E-state index in [1.165, 1.54) is 0 Å². The molecule has 0 aliphatic heterocycles. The molecule has 0 aliphatic carbocycles. The Kier molecular flexibility index (Phi) is 4.32. The number of nitrogens with one attached hydrogen (secondary N) is 1. The molecule has 0 aliphatic rings. The Morgan fingerprint density at radius 2 is 1.89 bits per heavy atom. The summed E-state index contributed by atoms with van der Waals surface area (Å²) in [5.41, 5.74) is 5.26. The van der Waals surface area contributed by atoms with E-state index in [-0.39, 0.29) is 11.8 Å². The summed E-state index contributed by atoms with van der Waals surface area (Å²) in [5, 5.41) is 2.70. The van der Waals surface area contributed by atoms with E-state index in [0.29, 0.717) is 6.54 Å². The number of aromatic nitrogens is 2. The molecular formula is C9H11F5N4O. The number of hydrogen-bond acceptors (Lipinski definition) is 5. The Labute approximate surface area is 105 Å². The van der Waals surface area contributed by atoms with Gasteiger partial charge in [0.15, 0.2) is 6.61 Å². The second kappa shape index (κ2) is 5.41. The van der Waals surface area contributed by atoms with E-state index < -0.39 is 24.6 Å². The Morgan fingerprint density at radius 1 is 1.26 bits per heavy atom. The highest BCUT2D eigenvalue weighted by Gasteiger charge is 2.58. The van der Waals surface area contributed by atoms with Gasteiger partial charge in [-0.2, -0.15) is 31.9 Å². The fourth-order valence-corrected chi connectivity index (χ4v) is 1.03. The molecule has 0 bridgehead atoms. The highest BCUT2D eigenvalue weighted by atomic mass is 19.4. The van der Waals surface area contributed by atoms with Crippen molar-refractivity contribution < 1.29 is 26.7 Å². The molecule has 19 heavy (non-hydrogen) atoms. The highest BCUT2D eigenvalue weighted by Crippen LogP contribution is 2.35.